The predicted octanol–water partition coefficient (Wildman–Crippen LogP) is -0.212. The lowest BCUT2D eigenvalue weighted by Gasteiger charge is -2.42. The molecule has 0 aromatic rings. The first-order valence-electron chi connectivity index (χ1n) is 7.25. The second-order valence-electron chi connectivity index (χ2n) is 6.18. The number of piperazine rings is 1. The van der Waals surface area contributed by atoms with Crippen LogP contribution in [0.4, 0.5) is 0 Å². The summed E-state index contributed by atoms with van der Waals surface area (Å²) in [5, 5.41) is 3.39. The Bertz CT molecular complexity index is 387. The van der Waals surface area contributed by atoms with E-state index < -0.39 is 9.84 Å². The predicted molar refractivity (Wildman–Crippen MR) is 78.2 cm³/mol. The van der Waals surface area contributed by atoms with E-state index >= 15 is 0 Å². The lowest BCUT2D eigenvalue weighted by molar-refractivity contribution is 0.0604. The number of nitrogens with zero attached hydrogens (tertiary/aromatic N) is 2. The van der Waals surface area contributed by atoms with Crippen LogP contribution >= 0.6 is 0 Å². The van der Waals surface area contributed by atoms with Gasteiger partial charge in [-0.1, -0.05) is 0 Å². The highest BCUT2D eigenvalue weighted by atomic mass is 32.2. The number of likely N-dealkylation sites (N-methyl/N-ethyl adjacent to an activating group) is 1. The van der Waals surface area contributed by atoms with E-state index in [-0.39, 0.29) is 6.04 Å². The molecule has 3 atom stereocenters. The molecule has 1 N–H and O–H groups in total. The lowest BCUT2D eigenvalue weighted by atomic mass is 10.1. The summed E-state index contributed by atoms with van der Waals surface area (Å²) in [4.78, 5) is 4.90. The van der Waals surface area contributed by atoms with Gasteiger partial charge in [0.05, 0.1) is 11.5 Å². The minimum Gasteiger partial charge on any atom is -0.312 e. The van der Waals surface area contributed by atoms with Gasteiger partial charge in [0.2, 0.25) is 0 Å². The molecule has 2 saturated heterocycles. The third-order valence-electron chi connectivity index (χ3n) is 4.53. The maximum absolute atomic E-state index is 11.4. The minimum absolute atomic E-state index is 0.173. The van der Waals surface area contributed by atoms with Crippen LogP contribution in [0.3, 0.4) is 0 Å². The molecule has 0 aliphatic carbocycles. The van der Waals surface area contributed by atoms with Crippen molar-refractivity contribution in [2.75, 3.05) is 44.7 Å². The molecule has 5 nitrogen and oxygen atoms in total. The van der Waals surface area contributed by atoms with Crippen molar-refractivity contribution in [1.82, 2.24) is 15.1 Å². The standard InChI is InChI=1S/C13H27N3O2S/c1-11-8-16(9-12(2)15(11)3)6-5-14-13-4-7-19(17,18)10-13/h11-14H,4-10H2,1-3H3. The quantitative estimate of drug-likeness (QED) is 0.776. The van der Waals surface area contributed by atoms with Crippen LogP contribution in [-0.4, -0.2) is 81.1 Å². The van der Waals surface area contributed by atoms with E-state index in [4.69, 9.17) is 0 Å². The lowest BCUT2D eigenvalue weighted by Crippen LogP contribution is -2.56. The van der Waals surface area contributed by atoms with E-state index in [9.17, 15) is 8.42 Å². The summed E-state index contributed by atoms with van der Waals surface area (Å²) < 4.78 is 22.7. The molecule has 2 rings (SSSR count). The summed E-state index contributed by atoms with van der Waals surface area (Å²) in [6.45, 7) is 8.64. The van der Waals surface area contributed by atoms with Crippen molar-refractivity contribution in [2.24, 2.45) is 0 Å². The van der Waals surface area contributed by atoms with Crippen LogP contribution in [0.15, 0.2) is 0 Å². The fourth-order valence-corrected chi connectivity index (χ4v) is 4.79. The molecule has 0 amide bonds. The van der Waals surface area contributed by atoms with Crippen molar-refractivity contribution in [3.05, 3.63) is 0 Å². The Balaban J connectivity index is 1.69. The highest BCUT2D eigenvalue weighted by molar-refractivity contribution is 7.91. The van der Waals surface area contributed by atoms with Gasteiger partial charge >= 0.3 is 0 Å². The van der Waals surface area contributed by atoms with Gasteiger partial charge in [-0.25, -0.2) is 8.42 Å². The first-order valence-corrected chi connectivity index (χ1v) is 9.07. The van der Waals surface area contributed by atoms with Gasteiger partial charge < -0.3 is 5.32 Å². The van der Waals surface area contributed by atoms with Crippen LogP contribution in [0.1, 0.15) is 20.3 Å². The Morgan fingerprint density at radius 1 is 1.21 bits per heavy atom. The van der Waals surface area contributed by atoms with Crippen LogP contribution in [-0.2, 0) is 9.84 Å². The van der Waals surface area contributed by atoms with Crippen LogP contribution in [0.2, 0.25) is 0 Å². The molecule has 2 aliphatic heterocycles. The van der Waals surface area contributed by atoms with E-state index in [2.05, 4.69) is 36.0 Å². The Kier molecular flexibility index (Phi) is 4.87. The van der Waals surface area contributed by atoms with Crippen LogP contribution in [0, 0.1) is 0 Å². The zero-order valence-electron chi connectivity index (χ0n) is 12.3. The molecule has 0 saturated carbocycles. The maximum atomic E-state index is 11.4. The van der Waals surface area contributed by atoms with Gasteiger partial charge in [-0.3, -0.25) is 9.80 Å². The van der Waals surface area contributed by atoms with Gasteiger partial charge in [-0.2, -0.15) is 0 Å². The fraction of sp³-hybridized carbons (Fsp3) is 1.00. The first-order chi connectivity index (χ1) is 8.87. The van der Waals surface area contributed by atoms with E-state index in [0.717, 1.165) is 32.6 Å². The van der Waals surface area contributed by atoms with Crippen LogP contribution in [0.5, 0.6) is 0 Å². The number of rotatable bonds is 4. The average molecular weight is 289 g/mol. The van der Waals surface area contributed by atoms with Gasteiger partial charge in [0.25, 0.3) is 0 Å². The summed E-state index contributed by atoms with van der Waals surface area (Å²) in [7, 11) is -0.570. The molecule has 0 aromatic carbocycles. The molecule has 19 heavy (non-hydrogen) atoms. The smallest absolute Gasteiger partial charge is 0.151 e. The van der Waals surface area contributed by atoms with E-state index in [1.807, 2.05) is 0 Å². The van der Waals surface area contributed by atoms with E-state index in [1.165, 1.54) is 0 Å². The second-order valence-corrected chi connectivity index (χ2v) is 8.41. The van der Waals surface area contributed by atoms with Gasteiger partial charge in [-0.05, 0) is 27.3 Å². The zero-order valence-corrected chi connectivity index (χ0v) is 13.1. The minimum atomic E-state index is -2.76. The zero-order chi connectivity index (χ0) is 14.0. The largest absolute Gasteiger partial charge is 0.312 e. The molecular formula is C13H27N3O2S. The Morgan fingerprint density at radius 3 is 2.37 bits per heavy atom. The number of sulfone groups is 1. The summed E-state index contributed by atoms with van der Waals surface area (Å²) in [5.74, 6) is 0.676. The van der Waals surface area contributed by atoms with E-state index in [1.54, 1.807) is 0 Å². The van der Waals surface area contributed by atoms with Gasteiger partial charge in [0, 0.05) is 44.3 Å². The van der Waals surface area contributed by atoms with Gasteiger partial charge in [0.15, 0.2) is 9.84 Å². The molecule has 0 radical (unpaired) electrons. The third kappa shape index (κ3) is 4.15. The van der Waals surface area contributed by atoms with Crippen LogP contribution in [0.25, 0.3) is 0 Å². The summed E-state index contributed by atoms with van der Waals surface area (Å²) in [6.07, 6.45) is 0.776. The topological polar surface area (TPSA) is 52.7 Å². The first kappa shape index (κ1) is 15.2. The van der Waals surface area contributed by atoms with Crippen LogP contribution < -0.4 is 5.32 Å². The third-order valence-corrected chi connectivity index (χ3v) is 6.30. The second kappa shape index (κ2) is 6.08. The Morgan fingerprint density at radius 2 is 1.84 bits per heavy atom. The van der Waals surface area contributed by atoms with Gasteiger partial charge in [-0.15, -0.1) is 0 Å². The SMILES string of the molecule is CC1CN(CCNC2CCS(=O)(=O)C2)CC(C)N1C. The summed E-state index contributed by atoms with van der Waals surface area (Å²) in [5.41, 5.74) is 0. The van der Waals surface area contributed by atoms with Crippen molar-refractivity contribution >= 4 is 9.84 Å². The number of hydrogen-bond donors (Lipinski definition) is 1. The van der Waals surface area contributed by atoms with Gasteiger partial charge in [0.1, 0.15) is 0 Å². The molecule has 3 unspecified atom stereocenters. The molecule has 2 fully saturated rings. The number of hydrogen-bond acceptors (Lipinski definition) is 5. The molecule has 6 heteroatoms. The van der Waals surface area contributed by atoms with Crippen molar-refractivity contribution in [2.45, 2.75) is 38.4 Å². The van der Waals surface area contributed by atoms with E-state index in [0.29, 0.717) is 23.6 Å². The molecule has 2 heterocycles. The fourth-order valence-electron chi connectivity index (χ4n) is 3.08. The molecule has 2 aliphatic rings. The van der Waals surface area contributed by atoms with Crippen molar-refractivity contribution in [3.63, 3.8) is 0 Å². The van der Waals surface area contributed by atoms with Crippen molar-refractivity contribution in [3.8, 4) is 0 Å². The maximum Gasteiger partial charge on any atom is 0.151 e. The summed E-state index contributed by atoms with van der Waals surface area (Å²) >= 11 is 0. The summed E-state index contributed by atoms with van der Waals surface area (Å²) in [6, 6.07) is 1.36. The average Bonchev–Trinajstić information content (AvgIpc) is 2.66. The highest BCUT2D eigenvalue weighted by Gasteiger charge is 2.28. The Hall–Kier alpha value is -0.170. The molecular weight excluding hydrogens is 262 g/mol. The Labute approximate surface area is 117 Å². The highest BCUT2D eigenvalue weighted by Crippen LogP contribution is 2.13. The normalized spacial score (nSPS) is 36.7. The van der Waals surface area contributed by atoms with Crippen molar-refractivity contribution in [1.29, 1.82) is 0 Å². The monoisotopic (exact) mass is 289 g/mol. The molecule has 0 aromatic heterocycles. The molecule has 0 spiro atoms. The number of nitrogens with one attached hydrogen (secondary N) is 1. The molecule has 0 bridgehead atoms. The van der Waals surface area contributed by atoms with Crippen molar-refractivity contribution < 1.29 is 8.42 Å². The molecule has 112 valence electrons.